The van der Waals surface area contributed by atoms with E-state index >= 15 is 0 Å². The van der Waals surface area contributed by atoms with Crippen molar-refractivity contribution in [2.45, 2.75) is 186 Å². The fraction of sp³-hybridized carbons (Fsp3) is 0.585. The van der Waals surface area contributed by atoms with Crippen molar-refractivity contribution in [3.05, 3.63) is 112 Å². The average molecular weight is 1010 g/mol. The van der Waals surface area contributed by atoms with Gasteiger partial charge in [-0.1, -0.05) is 61.5 Å². The quantitative estimate of drug-likeness (QED) is 0.114. The lowest BCUT2D eigenvalue weighted by molar-refractivity contribution is 0.0555. The molecule has 0 fully saturated rings. The predicted octanol–water partition coefficient (Wildman–Crippen LogP) is 17.4. The summed E-state index contributed by atoms with van der Waals surface area (Å²) in [5.41, 5.74) is 5.70. The molecule has 65 heavy (non-hydrogen) atoms. The van der Waals surface area contributed by atoms with Crippen molar-refractivity contribution in [1.29, 1.82) is 0 Å². The van der Waals surface area contributed by atoms with Crippen molar-refractivity contribution in [2.24, 2.45) is 0 Å². The third-order valence-corrected chi connectivity index (χ3v) is 16.4. The van der Waals surface area contributed by atoms with E-state index in [1.54, 1.807) is 33.9 Å². The second-order valence-electron chi connectivity index (χ2n) is 21.0. The second kappa shape index (κ2) is 23.2. The van der Waals surface area contributed by atoms with E-state index < -0.39 is 11.9 Å². The van der Waals surface area contributed by atoms with Gasteiger partial charge in [0.25, 0.3) is 0 Å². The summed E-state index contributed by atoms with van der Waals surface area (Å²) >= 11 is 23.1. The van der Waals surface area contributed by atoms with E-state index in [0.717, 1.165) is 25.0 Å². The normalized spacial score (nSPS) is 16.3. The number of methoxy groups -OCH3 is 2. The maximum atomic E-state index is 11.6. The highest BCUT2D eigenvalue weighted by atomic mass is 35.5. The summed E-state index contributed by atoms with van der Waals surface area (Å²) in [6.45, 7) is 33.5. The maximum Gasteiger partial charge on any atom is 0.373 e. The molecule has 0 unspecified atom stereocenters. The number of thiophene rings is 3. The van der Waals surface area contributed by atoms with Crippen molar-refractivity contribution in [3.63, 3.8) is 0 Å². The molecule has 6 nitrogen and oxygen atoms in total. The summed E-state index contributed by atoms with van der Waals surface area (Å²) in [4.78, 5) is 29.5. The Labute approximate surface area is 418 Å². The Bertz CT molecular complexity index is 2220. The van der Waals surface area contributed by atoms with Crippen LogP contribution in [0.2, 0.25) is 0 Å². The standard InChI is InChI=1S/C20H26O3S.C13H20S.C8H16Cl2.C7H7ClO3.C5H6S/c1-12-14(11-13-7-8-15(23-13)18(21)22-6)16-17(24-12)20(4,5)10-9-19(16,2)3;1-9-8-10-11(14-9)13(4,5)7-6-12(10,2)3;1-7(2,9)5-6-8(3,4)10;1-10-7(9)6-3-2-5(4-8)11-6;1-5-3-2-4-6-5/h7-8H,9-11H2,1-6H3;8H,6-7H2,1-5H3;5-6H2,1-4H3;2-3H,4H2,1H3;2-4H,1H3. The molecular formula is C53H75Cl3O6S3. The number of aryl methyl sites for hydroxylation is 3. The number of hydrogen-bond donors (Lipinski definition) is 0. The van der Waals surface area contributed by atoms with Crippen molar-refractivity contribution in [1.82, 2.24) is 0 Å². The molecule has 0 aliphatic heterocycles. The van der Waals surface area contributed by atoms with Crippen LogP contribution in [0.5, 0.6) is 0 Å². The van der Waals surface area contributed by atoms with Crippen LogP contribution >= 0.6 is 68.8 Å². The van der Waals surface area contributed by atoms with Gasteiger partial charge in [-0.3, -0.25) is 0 Å². The van der Waals surface area contributed by atoms with Crippen molar-refractivity contribution >= 4 is 80.8 Å². The zero-order valence-electron chi connectivity index (χ0n) is 42.1. The maximum absolute atomic E-state index is 11.6. The van der Waals surface area contributed by atoms with E-state index in [9.17, 15) is 9.59 Å². The van der Waals surface area contributed by atoms with Crippen molar-refractivity contribution in [3.8, 4) is 0 Å². The van der Waals surface area contributed by atoms with Crippen LogP contribution in [0.1, 0.15) is 195 Å². The number of hydrogen-bond acceptors (Lipinski definition) is 9. The fourth-order valence-corrected chi connectivity index (χ4v) is 11.4. The number of furan rings is 2. The van der Waals surface area contributed by atoms with Gasteiger partial charge >= 0.3 is 11.9 Å². The van der Waals surface area contributed by atoms with Gasteiger partial charge < -0.3 is 18.3 Å². The lowest BCUT2D eigenvalue weighted by atomic mass is 9.65. The van der Waals surface area contributed by atoms with Crippen LogP contribution in [-0.2, 0) is 43.4 Å². The SMILES string of the molecule is CC(C)(Cl)CCC(C)(C)Cl.COC(=O)c1ccc(CCl)o1.COC(=O)c1ccc(Cc2c(C)sc3c2C(C)(C)CCC3(C)C)o1.Cc1cc2c(s1)C(C)(C)CCC2(C)C.Cc1cccs1. The van der Waals surface area contributed by atoms with Gasteiger partial charge in [-0.25, -0.2) is 9.59 Å². The minimum atomic E-state index is -0.485. The number of rotatable bonds is 8. The molecule has 0 spiro atoms. The van der Waals surface area contributed by atoms with Gasteiger partial charge in [0, 0.05) is 40.6 Å². The molecule has 0 saturated heterocycles. The van der Waals surface area contributed by atoms with Gasteiger partial charge in [0.2, 0.25) is 11.5 Å². The van der Waals surface area contributed by atoms with E-state index in [4.69, 9.17) is 48.4 Å². The molecule has 0 saturated carbocycles. The Kier molecular flexibility index (Phi) is 20.3. The van der Waals surface area contributed by atoms with Crippen molar-refractivity contribution in [2.75, 3.05) is 14.2 Å². The topological polar surface area (TPSA) is 78.9 Å². The summed E-state index contributed by atoms with van der Waals surface area (Å²) in [7, 11) is 2.67. The lowest BCUT2D eigenvalue weighted by Crippen LogP contribution is -2.33. The molecule has 2 aliphatic rings. The largest absolute Gasteiger partial charge is 0.463 e. The number of fused-ring (bicyclic) bond motifs is 2. The number of alkyl halides is 3. The van der Waals surface area contributed by atoms with Gasteiger partial charge in [0.15, 0.2) is 0 Å². The zero-order chi connectivity index (χ0) is 49.3. The highest BCUT2D eigenvalue weighted by Gasteiger charge is 2.41. The predicted molar refractivity (Wildman–Crippen MR) is 279 cm³/mol. The van der Waals surface area contributed by atoms with Crippen LogP contribution in [0.15, 0.2) is 56.7 Å². The Morgan fingerprint density at radius 3 is 1.55 bits per heavy atom. The minimum absolute atomic E-state index is 0.105. The highest BCUT2D eigenvalue weighted by molar-refractivity contribution is 7.12. The van der Waals surface area contributed by atoms with Crippen LogP contribution in [0.25, 0.3) is 0 Å². The number of esters is 2. The molecular weight excluding hydrogens is 935 g/mol. The molecule has 362 valence electrons. The lowest BCUT2D eigenvalue weighted by Gasteiger charge is -2.40. The molecule has 12 heteroatoms. The first-order chi connectivity index (χ1) is 29.9. The number of carbonyl (C=O) groups excluding carboxylic acids is 2. The van der Waals surface area contributed by atoms with Gasteiger partial charge in [-0.2, -0.15) is 0 Å². The van der Waals surface area contributed by atoms with Gasteiger partial charge in [0.1, 0.15) is 11.5 Å². The third-order valence-electron chi connectivity index (χ3n) is 12.0. The van der Waals surface area contributed by atoms with Gasteiger partial charge in [-0.15, -0.1) is 68.8 Å². The Balaban J connectivity index is 0.000000234. The molecule has 0 atom stereocenters. The molecule has 5 aromatic heterocycles. The summed E-state index contributed by atoms with van der Waals surface area (Å²) < 4.78 is 19.8. The summed E-state index contributed by atoms with van der Waals surface area (Å²) in [6.07, 6.45) is 7.72. The average Bonchev–Trinajstić information content (AvgIpc) is 4.07. The van der Waals surface area contributed by atoms with Crippen LogP contribution in [0, 0.1) is 20.8 Å². The van der Waals surface area contributed by atoms with Crippen LogP contribution < -0.4 is 0 Å². The smallest absolute Gasteiger partial charge is 0.373 e. The van der Waals surface area contributed by atoms with E-state index in [1.807, 2.05) is 56.4 Å². The Hall–Kier alpha value is -2.53. The van der Waals surface area contributed by atoms with E-state index in [-0.39, 0.29) is 38.0 Å². The number of carbonyl (C=O) groups is 2. The van der Waals surface area contributed by atoms with E-state index in [1.165, 1.54) is 76.6 Å². The summed E-state index contributed by atoms with van der Waals surface area (Å²) in [5.74, 6) is 1.19. The second-order valence-corrected chi connectivity index (χ2v) is 26.9. The molecule has 5 heterocycles. The molecule has 0 aromatic carbocycles. The molecule has 5 aromatic rings. The highest BCUT2D eigenvalue weighted by Crippen LogP contribution is 2.52. The summed E-state index contributed by atoms with van der Waals surface area (Å²) in [5, 5.41) is 2.08. The molecule has 0 amide bonds. The van der Waals surface area contributed by atoms with Gasteiger partial charge in [0.05, 0.1) is 20.1 Å². The summed E-state index contributed by atoms with van der Waals surface area (Å²) in [6, 6.07) is 13.3. The van der Waals surface area contributed by atoms with E-state index in [2.05, 4.69) is 104 Å². The molecule has 0 N–H and O–H groups in total. The van der Waals surface area contributed by atoms with E-state index in [0.29, 0.717) is 16.6 Å². The fourth-order valence-electron chi connectivity index (χ4n) is 7.71. The number of ether oxygens (including phenoxy) is 2. The van der Waals surface area contributed by atoms with Crippen LogP contribution in [0.3, 0.4) is 0 Å². The first-order valence-electron chi connectivity index (χ1n) is 22.4. The molecule has 7 rings (SSSR count). The number of halogens is 3. The Morgan fingerprint density at radius 1 is 0.662 bits per heavy atom. The minimum Gasteiger partial charge on any atom is -0.463 e. The monoisotopic (exact) mass is 1010 g/mol. The molecule has 2 aliphatic carbocycles. The van der Waals surface area contributed by atoms with Crippen LogP contribution in [-0.4, -0.2) is 35.9 Å². The molecule has 0 radical (unpaired) electrons. The first kappa shape index (κ1) is 56.8. The first-order valence-corrected chi connectivity index (χ1v) is 26.2. The molecule has 0 bridgehead atoms. The zero-order valence-corrected chi connectivity index (χ0v) is 46.8. The van der Waals surface area contributed by atoms with Crippen LogP contribution in [0.4, 0.5) is 0 Å². The van der Waals surface area contributed by atoms with Crippen molar-refractivity contribution < 1.29 is 27.9 Å². The Morgan fingerprint density at radius 2 is 1.14 bits per heavy atom. The third kappa shape index (κ3) is 16.9. The van der Waals surface area contributed by atoms with Gasteiger partial charge in [-0.05, 0) is 167 Å².